The van der Waals surface area contributed by atoms with E-state index in [1.54, 1.807) is 0 Å². The highest BCUT2D eigenvalue weighted by molar-refractivity contribution is 6.09. The van der Waals surface area contributed by atoms with Gasteiger partial charge in [-0.05, 0) is 36.3 Å². The first kappa shape index (κ1) is 19.4. The van der Waals surface area contributed by atoms with Gasteiger partial charge in [0.1, 0.15) is 12.1 Å². The van der Waals surface area contributed by atoms with Crippen LogP contribution in [0.3, 0.4) is 0 Å². The summed E-state index contributed by atoms with van der Waals surface area (Å²) in [6.07, 6.45) is 5.65. The molecule has 1 fully saturated rings. The average Bonchev–Trinajstić information content (AvgIpc) is 3.15. The van der Waals surface area contributed by atoms with Crippen molar-refractivity contribution in [1.29, 1.82) is 0 Å². The van der Waals surface area contributed by atoms with Gasteiger partial charge in [0.15, 0.2) is 0 Å². The Morgan fingerprint density at radius 3 is 2.81 bits per heavy atom. The van der Waals surface area contributed by atoms with Gasteiger partial charge in [0.2, 0.25) is 5.91 Å². The highest BCUT2D eigenvalue weighted by Crippen LogP contribution is 2.41. The number of imide groups is 1. The largest absolute Gasteiger partial charge is 0.354 e. The predicted octanol–water partition coefficient (Wildman–Crippen LogP) is 2.71. The lowest BCUT2D eigenvalue weighted by Crippen LogP contribution is -2.44. The molecule has 0 unspecified atom stereocenters. The van der Waals surface area contributed by atoms with Crippen LogP contribution in [0.1, 0.15) is 57.1 Å². The number of unbranched alkanes of at least 4 members (excludes halogenated alkanes) is 1. The van der Waals surface area contributed by atoms with Gasteiger partial charge in [0.05, 0.1) is 0 Å². The Kier molecular flexibility index (Phi) is 5.82. The molecule has 1 aliphatic heterocycles. The number of nitrogens with zero attached hydrogens (tertiary/aromatic N) is 1. The normalized spacial score (nSPS) is 22.1. The van der Waals surface area contributed by atoms with Crippen molar-refractivity contribution in [3.05, 3.63) is 35.4 Å². The summed E-state index contributed by atoms with van der Waals surface area (Å²) in [5, 5.41) is 5.75. The number of fused-ring (bicyclic) bond motifs is 2. The molecule has 1 aromatic rings. The zero-order chi connectivity index (χ0) is 19.4. The standard InChI is InChI=1S/C21H29N3O3/c1-3-5-8-15(4-2)13-22-18(25)14-24-19(26)21(23-20(24)27)12-11-16-9-6-7-10-17(16)21/h6-7,9-10,15H,3-5,8,11-14H2,1-2H3,(H,22,25)(H,23,27)/t15-,21+/m0/s1. The molecule has 6 heteroatoms. The van der Waals surface area contributed by atoms with Crippen molar-refractivity contribution in [3.8, 4) is 0 Å². The molecule has 27 heavy (non-hydrogen) atoms. The van der Waals surface area contributed by atoms with Gasteiger partial charge in [-0.1, -0.05) is 57.4 Å². The van der Waals surface area contributed by atoms with Crippen LogP contribution in [0.15, 0.2) is 24.3 Å². The Morgan fingerprint density at radius 1 is 1.30 bits per heavy atom. The van der Waals surface area contributed by atoms with E-state index in [1.807, 2.05) is 24.3 Å². The number of amides is 4. The number of hydrogen-bond donors (Lipinski definition) is 2. The summed E-state index contributed by atoms with van der Waals surface area (Å²) < 4.78 is 0. The van der Waals surface area contributed by atoms with Gasteiger partial charge in [-0.3, -0.25) is 14.5 Å². The third-order valence-electron chi connectivity index (χ3n) is 5.86. The number of urea groups is 1. The maximum absolute atomic E-state index is 13.0. The molecule has 1 heterocycles. The van der Waals surface area contributed by atoms with Crippen molar-refractivity contribution in [2.45, 2.75) is 57.9 Å². The molecule has 2 atom stereocenters. The molecule has 0 saturated carbocycles. The third-order valence-corrected chi connectivity index (χ3v) is 5.86. The first-order chi connectivity index (χ1) is 13.0. The van der Waals surface area contributed by atoms with Gasteiger partial charge in [-0.25, -0.2) is 4.79 Å². The molecule has 1 aliphatic carbocycles. The molecule has 1 spiro atoms. The van der Waals surface area contributed by atoms with Crippen molar-refractivity contribution in [1.82, 2.24) is 15.5 Å². The fraction of sp³-hybridized carbons (Fsp3) is 0.571. The Labute approximate surface area is 160 Å². The number of rotatable bonds is 8. The number of carbonyl (C=O) groups excluding carboxylic acids is 3. The van der Waals surface area contributed by atoms with Gasteiger partial charge in [-0.15, -0.1) is 0 Å². The second kappa shape index (κ2) is 8.11. The van der Waals surface area contributed by atoms with Crippen LogP contribution in [0.2, 0.25) is 0 Å². The van der Waals surface area contributed by atoms with Crippen LogP contribution in [-0.2, 0) is 21.5 Å². The number of nitrogens with one attached hydrogen (secondary N) is 2. The van der Waals surface area contributed by atoms with Crippen LogP contribution in [0, 0.1) is 5.92 Å². The van der Waals surface area contributed by atoms with E-state index < -0.39 is 11.6 Å². The maximum Gasteiger partial charge on any atom is 0.325 e. The molecule has 0 aromatic heterocycles. The lowest BCUT2D eigenvalue weighted by Gasteiger charge is -2.22. The Balaban J connectivity index is 1.62. The molecule has 0 radical (unpaired) electrons. The Morgan fingerprint density at radius 2 is 2.07 bits per heavy atom. The van der Waals surface area contributed by atoms with Crippen LogP contribution < -0.4 is 10.6 Å². The van der Waals surface area contributed by atoms with Crippen LogP contribution in [0.5, 0.6) is 0 Å². The van der Waals surface area contributed by atoms with Crippen LogP contribution >= 0.6 is 0 Å². The van der Waals surface area contributed by atoms with Crippen LogP contribution in [-0.4, -0.2) is 35.8 Å². The van der Waals surface area contributed by atoms with E-state index in [0.717, 1.165) is 48.1 Å². The molecule has 3 rings (SSSR count). The molecule has 2 N–H and O–H groups in total. The van der Waals surface area contributed by atoms with Crippen molar-refractivity contribution in [3.63, 3.8) is 0 Å². The maximum atomic E-state index is 13.0. The van der Waals surface area contributed by atoms with Crippen molar-refractivity contribution >= 4 is 17.8 Å². The minimum Gasteiger partial charge on any atom is -0.354 e. The highest BCUT2D eigenvalue weighted by Gasteiger charge is 2.55. The number of aryl methyl sites for hydroxylation is 1. The summed E-state index contributed by atoms with van der Waals surface area (Å²) in [4.78, 5) is 38.9. The van der Waals surface area contributed by atoms with Gasteiger partial charge in [-0.2, -0.15) is 0 Å². The van der Waals surface area contributed by atoms with Crippen molar-refractivity contribution < 1.29 is 14.4 Å². The summed E-state index contributed by atoms with van der Waals surface area (Å²) in [6.45, 7) is 4.64. The highest BCUT2D eigenvalue weighted by atomic mass is 16.2. The van der Waals surface area contributed by atoms with E-state index in [4.69, 9.17) is 0 Å². The smallest absolute Gasteiger partial charge is 0.325 e. The third kappa shape index (κ3) is 3.70. The first-order valence-electron chi connectivity index (χ1n) is 10.0. The van der Waals surface area contributed by atoms with E-state index in [0.29, 0.717) is 18.9 Å². The number of hydrogen-bond acceptors (Lipinski definition) is 3. The van der Waals surface area contributed by atoms with E-state index in [1.165, 1.54) is 0 Å². The van der Waals surface area contributed by atoms with Crippen molar-refractivity contribution in [2.24, 2.45) is 5.92 Å². The summed E-state index contributed by atoms with van der Waals surface area (Å²) in [6, 6.07) is 7.21. The fourth-order valence-electron chi connectivity index (χ4n) is 4.13. The van der Waals surface area contributed by atoms with Crippen molar-refractivity contribution in [2.75, 3.05) is 13.1 Å². The second-order valence-electron chi connectivity index (χ2n) is 7.60. The van der Waals surface area contributed by atoms with E-state index >= 15 is 0 Å². The molecule has 146 valence electrons. The topological polar surface area (TPSA) is 78.5 Å². The molecule has 0 bridgehead atoms. The minimum atomic E-state index is -0.999. The zero-order valence-electron chi connectivity index (χ0n) is 16.2. The van der Waals surface area contributed by atoms with Gasteiger partial charge < -0.3 is 10.6 Å². The summed E-state index contributed by atoms with van der Waals surface area (Å²) in [5.41, 5.74) is 0.942. The summed E-state index contributed by atoms with van der Waals surface area (Å²) in [5.74, 6) is -0.160. The molecule has 6 nitrogen and oxygen atoms in total. The Bertz CT molecular complexity index is 733. The first-order valence-corrected chi connectivity index (χ1v) is 10.0. The van der Waals surface area contributed by atoms with Gasteiger partial charge >= 0.3 is 6.03 Å². The van der Waals surface area contributed by atoms with E-state index in [2.05, 4.69) is 24.5 Å². The summed E-state index contributed by atoms with van der Waals surface area (Å²) in [7, 11) is 0. The molecular weight excluding hydrogens is 342 g/mol. The van der Waals surface area contributed by atoms with E-state index in [-0.39, 0.29) is 18.4 Å². The predicted molar refractivity (Wildman–Crippen MR) is 103 cm³/mol. The number of benzene rings is 1. The molecule has 1 saturated heterocycles. The lowest BCUT2D eigenvalue weighted by atomic mass is 9.92. The zero-order valence-corrected chi connectivity index (χ0v) is 16.2. The summed E-state index contributed by atoms with van der Waals surface area (Å²) >= 11 is 0. The average molecular weight is 371 g/mol. The van der Waals surface area contributed by atoms with Gasteiger partial charge in [0.25, 0.3) is 5.91 Å². The monoisotopic (exact) mass is 371 g/mol. The minimum absolute atomic E-state index is 0.223. The SMILES string of the molecule is CCCC[C@H](CC)CNC(=O)CN1C(=O)N[C@@]2(CCc3ccccc32)C1=O. The molecule has 1 aromatic carbocycles. The molecule has 2 aliphatic rings. The fourth-order valence-corrected chi connectivity index (χ4v) is 4.13. The van der Waals surface area contributed by atoms with Crippen LogP contribution in [0.4, 0.5) is 4.79 Å². The quantitative estimate of drug-likeness (QED) is 0.690. The number of carbonyl (C=O) groups is 3. The van der Waals surface area contributed by atoms with Crippen LogP contribution in [0.25, 0.3) is 0 Å². The van der Waals surface area contributed by atoms with E-state index in [9.17, 15) is 14.4 Å². The van der Waals surface area contributed by atoms with Gasteiger partial charge in [0, 0.05) is 6.54 Å². The molecular formula is C21H29N3O3. The second-order valence-corrected chi connectivity index (χ2v) is 7.60. The lowest BCUT2D eigenvalue weighted by molar-refractivity contribution is -0.135. The molecule has 4 amide bonds. The Hall–Kier alpha value is -2.37.